The second-order valence-electron chi connectivity index (χ2n) is 8.67. The van der Waals surface area contributed by atoms with Crippen LogP contribution >= 0.6 is 0 Å². The van der Waals surface area contributed by atoms with Crippen LogP contribution in [0.15, 0.2) is 59.8 Å². The van der Waals surface area contributed by atoms with Gasteiger partial charge in [0.15, 0.2) is 0 Å². The molecule has 37 heavy (non-hydrogen) atoms. The van der Waals surface area contributed by atoms with Crippen molar-refractivity contribution in [3.63, 3.8) is 0 Å². The number of anilines is 1. The molecule has 0 unspecified atom stereocenters. The quantitative estimate of drug-likeness (QED) is 0.441. The molecule has 2 atom stereocenters. The first-order chi connectivity index (χ1) is 17.4. The third kappa shape index (κ3) is 5.73. The molecule has 196 valence electrons. The van der Waals surface area contributed by atoms with Crippen molar-refractivity contribution in [2.45, 2.75) is 36.6 Å². The molecule has 1 amide bonds. The first-order valence-corrected chi connectivity index (χ1v) is 12.6. The molecule has 3 aromatic rings. The van der Waals surface area contributed by atoms with Gasteiger partial charge in [-0.3, -0.25) is 9.78 Å². The van der Waals surface area contributed by atoms with Gasteiger partial charge in [-0.1, -0.05) is 12.1 Å². The topological polar surface area (TPSA) is 139 Å². The molecule has 1 fully saturated rings. The van der Waals surface area contributed by atoms with Crippen LogP contribution in [0.3, 0.4) is 0 Å². The highest BCUT2D eigenvalue weighted by molar-refractivity contribution is 7.89. The number of carbonyl (C=O) groups is 1. The molecule has 13 heteroatoms. The maximum absolute atomic E-state index is 13.2. The lowest BCUT2D eigenvalue weighted by atomic mass is 10.0. The Labute approximate surface area is 211 Å². The first-order valence-electron chi connectivity index (χ1n) is 11.2. The summed E-state index contributed by atoms with van der Waals surface area (Å²) in [5.74, 6) is -0.495. The lowest BCUT2D eigenvalue weighted by Crippen LogP contribution is -2.51. The zero-order valence-electron chi connectivity index (χ0n) is 19.6. The van der Waals surface area contributed by atoms with E-state index in [1.54, 1.807) is 25.1 Å². The molecule has 0 radical (unpaired) electrons. The van der Waals surface area contributed by atoms with Crippen molar-refractivity contribution in [2.24, 2.45) is 5.73 Å². The number of rotatable bonds is 6. The predicted molar refractivity (Wildman–Crippen MR) is 129 cm³/mol. The number of nitrogens with two attached hydrogens (primary N) is 1. The number of nitrogens with zero attached hydrogens (tertiary/aromatic N) is 3. The standard InChI is InChI=1S/C24H24F3N5O4S/c1-14-10-20(23(28)34)29-12-18(14)15-2-5-17(6-3-15)37(35,36)32-9-8-19(21(33)13-32)31-22-7-4-16(11-30-22)24(25,26)27/h2-7,10-12,19,21,33H,8-9,13H2,1H3,(H2,28,34)(H,30,31)/t19-,21+/m1/s1. The van der Waals surface area contributed by atoms with Crippen molar-refractivity contribution in [1.29, 1.82) is 0 Å². The Morgan fingerprint density at radius 1 is 1.14 bits per heavy atom. The predicted octanol–water partition coefficient (Wildman–Crippen LogP) is 2.81. The van der Waals surface area contributed by atoms with E-state index in [0.29, 0.717) is 17.3 Å². The minimum Gasteiger partial charge on any atom is -0.390 e. The van der Waals surface area contributed by atoms with Crippen LogP contribution in [0.5, 0.6) is 0 Å². The lowest BCUT2D eigenvalue weighted by Gasteiger charge is -2.35. The molecule has 2 aromatic heterocycles. The van der Waals surface area contributed by atoms with Gasteiger partial charge in [-0.25, -0.2) is 13.4 Å². The Kier molecular flexibility index (Phi) is 7.22. The van der Waals surface area contributed by atoms with Crippen LogP contribution in [0, 0.1) is 6.92 Å². The highest BCUT2D eigenvalue weighted by atomic mass is 32.2. The molecule has 1 aliphatic rings. The first kappa shape index (κ1) is 26.5. The highest BCUT2D eigenvalue weighted by Gasteiger charge is 2.35. The van der Waals surface area contributed by atoms with Gasteiger partial charge in [0, 0.05) is 31.0 Å². The van der Waals surface area contributed by atoms with E-state index < -0.39 is 39.8 Å². The van der Waals surface area contributed by atoms with Gasteiger partial charge in [0.1, 0.15) is 11.5 Å². The van der Waals surface area contributed by atoms with Crippen molar-refractivity contribution in [1.82, 2.24) is 14.3 Å². The van der Waals surface area contributed by atoms with E-state index in [4.69, 9.17) is 5.73 Å². The number of piperidine rings is 1. The third-order valence-electron chi connectivity index (χ3n) is 6.14. The largest absolute Gasteiger partial charge is 0.417 e. The van der Waals surface area contributed by atoms with Gasteiger partial charge in [-0.05, 0) is 54.8 Å². The molecule has 4 N–H and O–H groups in total. The number of carbonyl (C=O) groups excluding carboxylic acids is 1. The highest BCUT2D eigenvalue weighted by Crippen LogP contribution is 2.30. The minimum absolute atomic E-state index is 0.0404. The van der Waals surface area contributed by atoms with Crippen molar-refractivity contribution < 1.29 is 31.5 Å². The fraction of sp³-hybridized carbons (Fsp3) is 0.292. The summed E-state index contributed by atoms with van der Waals surface area (Å²) >= 11 is 0. The van der Waals surface area contributed by atoms with Crippen LogP contribution in [0.1, 0.15) is 28.0 Å². The summed E-state index contributed by atoms with van der Waals surface area (Å²) < 4.78 is 65.7. The number of hydrogen-bond donors (Lipinski definition) is 3. The van der Waals surface area contributed by atoms with E-state index in [2.05, 4.69) is 15.3 Å². The van der Waals surface area contributed by atoms with E-state index >= 15 is 0 Å². The summed E-state index contributed by atoms with van der Waals surface area (Å²) in [5.41, 5.74) is 6.66. The van der Waals surface area contributed by atoms with E-state index in [9.17, 15) is 31.5 Å². The zero-order valence-corrected chi connectivity index (χ0v) is 20.4. The number of aliphatic hydroxyl groups excluding tert-OH is 1. The van der Waals surface area contributed by atoms with Crippen LogP contribution in [0.4, 0.5) is 19.0 Å². The number of pyridine rings is 2. The molecule has 4 rings (SSSR count). The number of amides is 1. The summed E-state index contributed by atoms with van der Waals surface area (Å²) in [7, 11) is -3.91. The number of alkyl halides is 3. The van der Waals surface area contributed by atoms with Crippen molar-refractivity contribution in [3.8, 4) is 11.1 Å². The van der Waals surface area contributed by atoms with Crippen LogP contribution < -0.4 is 11.1 Å². The van der Waals surface area contributed by atoms with Crippen LogP contribution in [0.25, 0.3) is 11.1 Å². The number of halogens is 3. The number of hydrogen-bond acceptors (Lipinski definition) is 7. The Hall–Kier alpha value is -3.55. The minimum atomic E-state index is -4.51. The van der Waals surface area contributed by atoms with Crippen molar-refractivity contribution >= 4 is 21.7 Å². The molecule has 1 aromatic carbocycles. The number of primary amides is 1. The molecule has 9 nitrogen and oxygen atoms in total. The molecule has 0 spiro atoms. The normalized spacial score (nSPS) is 18.9. The molecule has 3 heterocycles. The molecular formula is C24H24F3N5O4S. The smallest absolute Gasteiger partial charge is 0.390 e. The second-order valence-corrected chi connectivity index (χ2v) is 10.6. The summed E-state index contributed by atoms with van der Waals surface area (Å²) in [6, 6.07) is 9.18. The van der Waals surface area contributed by atoms with E-state index in [-0.39, 0.29) is 35.9 Å². The fourth-order valence-electron chi connectivity index (χ4n) is 4.07. The Balaban J connectivity index is 1.43. The lowest BCUT2D eigenvalue weighted by molar-refractivity contribution is -0.137. The molecule has 0 aliphatic carbocycles. The average molecular weight is 536 g/mol. The van der Waals surface area contributed by atoms with Crippen molar-refractivity contribution in [2.75, 3.05) is 18.4 Å². The van der Waals surface area contributed by atoms with Gasteiger partial charge in [-0.2, -0.15) is 17.5 Å². The summed E-state index contributed by atoms with van der Waals surface area (Å²) in [6.45, 7) is 1.69. The average Bonchev–Trinajstić information content (AvgIpc) is 2.85. The zero-order chi connectivity index (χ0) is 27.0. The summed E-state index contributed by atoms with van der Waals surface area (Å²) in [4.78, 5) is 19.1. The van der Waals surface area contributed by atoms with Gasteiger partial charge >= 0.3 is 6.18 Å². The SMILES string of the molecule is Cc1cc(C(N)=O)ncc1-c1ccc(S(=O)(=O)N2CC[C@@H](Nc3ccc(C(F)(F)F)cn3)[C@@H](O)C2)cc1. The number of sulfonamides is 1. The van der Waals surface area contributed by atoms with Gasteiger partial charge in [0.05, 0.1) is 22.6 Å². The number of aryl methyl sites for hydroxylation is 1. The molecule has 0 bridgehead atoms. The number of aromatic nitrogens is 2. The maximum Gasteiger partial charge on any atom is 0.417 e. The molecule has 1 aliphatic heterocycles. The molecular weight excluding hydrogens is 511 g/mol. The van der Waals surface area contributed by atoms with E-state index in [1.807, 2.05) is 0 Å². The van der Waals surface area contributed by atoms with Crippen LogP contribution in [-0.2, 0) is 16.2 Å². The summed E-state index contributed by atoms with van der Waals surface area (Å²) in [5, 5.41) is 13.4. The Bertz CT molecular complexity index is 1400. The van der Waals surface area contributed by atoms with Crippen LogP contribution in [-0.4, -0.2) is 58.9 Å². The van der Waals surface area contributed by atoms with E-state index in [0.717, 1.165) is 11.6 Å². The van der Waals surface area contributed by atoms with Gasteiger partial charge in [0.25, 0.3) is 5.91 Å². The van der Waals surface area contributed by atoms with Crippen molar-refractivity contribution in [3.05, 3.63) is 71.7 Å². The summed E-state index contributed by atoms with van der Waals surface area (Å²) in [6.07, 6.45) is -3.20. The number of β-amino-alcohol motifs (C(OH)–C–C–N with tert-alkyl or cyclic N) is 1. The molecule has 0 saturated carbocycles. The maximum atomic E-state index is 13.2. The van der Waals surface area contributed by atoms with E-state index in [1.165, 1.54) is 28.7 Å². The number of aliphatic hydroxyl groups is 1. The third-order valence-corrected chi connectivity index (χ3v) is 8.01. The molecule has 1 saturated heterocycles. The van der Waals surface area contributed by atoms with Crippen LogP contribution in [0.2, 0.25) is 0 Å². The van der Waals surface area contributed by atoms with Gasteiger partial charge in [0.2, 0.25) is 10.0 Å². The Morgan fingerprint density at radius 2 is 1.84 bits per heavy atom. The fourth-order valence-corrected chi connectivity index (χ4v) is 5.55. The Morgan fingerprint density at radius 3 is 2.38 bits per heavy atom. The second kappa shape index (κ2) is 10.1. The van der Waals surface area contributed by atoms with Gasteiger partial charge < -0.3 is 16.2 Å². The van der Waals surface area contributed by atoms with Gasteiger partial charge in [-0.15, -0.1) is 0 Å². The number of nitrogens with one attached hydrogen (secondary N) is 1. The number of benzene rings is 1. The monoisotopic (exact) mass is 535 g/mol.